The van der Waals surface area contributed by atoms with Crippen LogP contribution in [0.4, 0.5) is 33.6 Å². The normalized spacial score (nSPS) is 14.6. The van der Waals surface area contributed by atoms with Crippen LogP contribution in [0.1, 0.15) is 26.3 Å². The second-order valence-corrected chi connectivity index (χ2v) is 16.8. The number of nitrogens with one attached hydrogen (secondary N) is 2. The molecule has 4 heterocycles. The number of amides is 1. The quantitative estimate of drug-likeness (QED) is 0.143. The molecule has 2 aliphatic heterocycles. The molecule has 53 heavy (non-hydrogen) atoms. The van der Waals surface area contributed by atoms with E-state index in [-0.39, 0.29) is 6.09 Å². The van der Waals surface area contributed by atoms with Crippen molar-refractivity contribution in [2.45, 2.75) is 32.8 Å². The van der Waals surface area contributed by atoms with E-state index < -0.39 is 13.2 Å². The molecule has 0 unspecified atom stereocenters. The van der Waals surface area contributed by atoms with Crippen molar-refractivity contribution in [1.82, 2.24) is 24.6 Å². The van der Waals surface area contributed by atoms with Crippen molar-refractivity contribution in [3.63, 3.8) is 0 Å². The number of carbonyl (C=O) groups excluding carboxylic acids is 1. The van der Waals surface area contributed by atoms with Crippen molar-refractivity contribution < 1.29 is 27.9 Å². The number of piperazine rings is 1. The highest BCUT2D eigenvalue weighted by Crippen LogP contribution is 2.50. The van der Waals surface area contributed by atoms with E-state index >= 15 is 0 Å². The lowest BCUT2D eigenvalue weighted by Crippen LogP contribution is -2.50. The summed E-state index contributed by atoms with van der Waals surface area (Å²) in [5.74, 6) is 1.47. The Hall–Kier alpha value is -4.69. The van der Waals surface area contributed by atoms with Crippen LogP contribution in [0.25, 0.3) is 21.9 Å². The van der Waals surface area contributed by atoms with E-state index in [0.717, 1.165) is 38.9 Å². The summed E-state index contributed by atoms with van der Waals surface area (Å²) >= 11 is 3.59. The first-order valence-corrected chi connectivity index (χ1v) is 19.6. The van der Waals surface area contributed by atoms with Crippen LogP contribution in [0, 0.1) is 0 Å². The lowest BCUT2D eigenvalue weighted by atomic mass is 9.97. The van der Waals surface area contributed by atoms with Gasteiger partial charge in [-0.3, -0.25) is 9.25 Å². The minimum Gasteiger partial charge on any atom is -0.491 e. The van der Waals surface area contributed by atoms with E-state index in [1.165, 1.54) is 14.2 Å². The maximum atomic E-state index is 13.9. The summed E-state index contributed by atoms with van der Waals surface area (Å²) in [5.41, 5.74) is 4.69. The van der Waals surface area contributed by atoms with Gasteiger partial charge in [0.25, 0.3) is 0 Å². The molecular weight excluding hydrogens is 763 g/mol. The smallest absolute Gasteiger partial charge is 0.410 e. The number of nitrogens with zero attached hydrogens (tertiary/aromatic N) is 6. The zero-order valence-electron chi connectivity index (χ0n) is 30.5. The van der Waals surface area contributed by atoms with E-state index in [9.17, 15) is 9.36 Å². The van der Waals surface area contributed by atoms with Gasteiger partial charge >= 0.3 is 13.7 Å². The number of aryl methyl sites for hydroxylation is 1. The predicted octanol–water partition coefficient (Wildman–Crippen LogP) is 7.38. The van der Waals surface area contributed by atoms with E-state index in [4.69, 9.17) is 23.5 Å². The number of halogens is 1. The van der Waals surface area contributed by atoms with Crippen molar-refractivity contribution in [2.75, 3.05) is 62.5 Å². The fourth-order valence-electron chi connectivity index (χ4n) is 6.71. The highest BCUT2D eigenvalue weighted by Gasteiger charge is 2.33. The van der Waals surface area contributed by atoms with Crippen LogP contribution < -0.4 is 25.6 Å². The lowest BCUT2D eigenvalue weighted by molar-refractivity contribution is 0.0240. The van der Waals surface area contributed by atoms with Crippen LogP contribution in [0.3, 0.4) is 0 Å². The first-order chi connectivity index (χ1) is 25.4. The number of aromatic nitrogens is 4. The zero-order valence-corrected chi connectivity index (χ0v) is 33.0. The Bertz CT molecular complexity index is 2230. The third-order valence-electron chi connectivity index (χ3n) is 9.11. The van der Waals surface area contributed by atoms with Gasteiger partial charge in [0.2, 0.25) is 5.95 Å². The summed E-state index contributed by atoms with van der Waals surface area (Å²) in [6.45, 7) is 8.47. The van der Waals surface area contributed by atoms with Crippen LogP contribution >= 0.6 is 23.5 Å². The molecule has 0 spiro atoms. The van der Waals surface area contributed by atoms with Crippen LogP contribution in [0.2, 0.25) is 0 Å². The summed E-state index contributed by atoms with van der Waals surface area (Å²) < 4.78 is 39.1. The molecule has 0 saturated carbocycles. The third kappa shape index (κ3) is 7.43. The molecule has 14 nitrogen and oxygen atoms in total. The Kier molecular flexibility index (Phi) is 10.1. The Morgan fingerprint density at radius 3 is 2.45 bits per heavy atom. The van der Waals surface area contributed by atoms with E-state index in [0.29, 0.717) is 72.1 Å². The zero-order chi connectivity index (χ0) is 37.5. The maximum absolute atomic E-state index is 13.9. The lowest BCUT2D eigenvalue weighted by Gasteiger charge is -2.38. The SMILES string of the molecule is COP(=O)(OC)c1c(Nc2nc(Nc3cc(-c4cnn(C)c4)c(N4CCN(C(=O)OC(C)(C)C)CC4)c4c3OCC4)ncc2Br)ccc2ccccc12. The summed E-state index contributed by atoms with van der Waals surface area (Å²) in [6, 6.07) is 13.4. The standard InChI is InChI=1S/C37H42BrN8O6P/c1-37(2,3)52-36(47)46-16-14-45(15-17-46)31-26-13-18-51-32(26)30(19-27(31)24-20-40-44(4)22-24)42-35-39-21-28(38)34(43-35)41-29-12-11-23-9-7-8-10-25(23)33(29)53(48,49-5)50-6/h7-12,19-22H,13-18H2,1-6H3,(H2,39,41,42,43). The third-order valence-corrected chi connectivity index (χ3v) is 11.7. The molecule has 278 valence electrons. The molecule has 2 aliphatic rings. The van der Waals surface area contributed by atoms with Crippen LogP contribution in [-0.4, -0.2) is 83.3 Å². The highest BCUT2D eigenvalue weighted by molar-refractivity contribution is 9.10. The van der Waals surface area contributed by atoms with Gasteiger partial charge in [-0.25, -0.2) is 9.78 Å². The predicted molar refractivity (Wildman–Crippen MR) is 209 cm³/mol. The average Bonchev–Trinajstić information content (AvgIpc) is 3.81. The van der Waals surface area contributed by atoms with Crippen LogP contribution in [0.15, 0.2) is 65.5 Å². The number of hydrogen-bond acceptors (Lipinski definition) is 12. The number of benzene rings is 3. The number of hydrogen-bond donors (Lipinski definition) is 2. The number of carbonyl (C=O) groups is 1. The second kappa shape index (κ2) is 14.6. The van der Waals surface area contributed by atoms with E-state index in [1.807, 2.05) is 82.7 Å². The molecule has 0 aliphatic carbocycles. The van der Waals surface area contributed by atoms with Gasteiger partial charge in [-0.05, 0) is 59.6 Å². The Labute approximate surface area is 316 Å². The fraction of sp³-hybridized carbons (Fsp3) is 0.351. The molecule has 3 aromatic carbocycles. The van der Waals surface area contributed by atoms with Gasteiger partial charge in [0.1, 0.15) is 17.2 Å². The van der Waals surface area contributed by atoms with E-state index in [1.54, 1.807) is 15.8 Å². The monoisotopic (exact) mass is 804 g/mol. The molecule has 7 rings (SSSR count). The fourth-order valence-corrected chi connectivity index (χ4v) is 8.44. The molecule has 1 saturated heterocycles. The van der Waals surface area contributed by atoms with Crippen molar-refractivity contribution in [1.29, 1.82) is 0 Å². The molecule has 2 aromatic heterocycles. The molecule has 1 amide bonds. The molecule has 5 aromatic rings. The van der Waals surface area contributed by atoms with Gasteiger partial charge in [-0.15, -0.1) is 0 Å². The number of fused-ring (bicyclic) bond motifs is 2. The summed E-state index contributed by atoms with van der Waals surface area (Å²) in [7, 11) is 0.927. The average molecular weight is 806 g/mol. The summed E-state index contributed by atoms with van der Waals surface area (Å²) in [5, 5.41) is 13.3. The Balaban J connectivity index is 1.23. The van der Waals surface area contributed by atoms with Crippen molar-refractivity contribution in [2.24, 2.45) is 7.05 Å². The van der Waals surface area contributed by atoms with Gasteiger partial charge in [0, 0.05) is 83.0 Å². The number of ether oxygens (including phenoxy) is 2. The van der Waals surface area contributed by atoms with Gasteiger partial charge < -0.3 is 39.0 Å². The summed E-state index contributed by atoms with van der Waals surface area (Å²) in [4.78, 5) is 26.3. The topological polar surface area (TPSA) is 145 Å². The van der Waals surface area contributed by atoms with E-state index in [2.05, 4.69) is 41.5 Å². The maximum Gasteiger partial charge on any atom is 0.410 e. The molecule has 0 atom stereocenters. The number of anilines is 5. The second-order valence-electron chi connectivity index (χ2n) is 13.8. The van der Waals surface area contributed by atoms with Crippen LogP contribution in [-0.2, 0) is 31.8 Å². The molecule has 0 bridgehead atoms. The van der Waals surface area contributed by atoms with Gasteiger partial charge in [-0.1, -0.05) is 30.3 Å². The van der Waals surface area contributed by atoms with Crippen molar-refractivity contribution >= 4 is 74.5 Å². The largest absolute Gasteiger partial charge is 0.491 e. The number of rotatable bonds is 9. The highest BCUT2D eigenvalue weighted by atomic mass is 79.9. The molecule has 16 heteroatoms. The minimum absolute atomic E-state index is 0.302. The van der Waals surface area contributed by atoms with Crippen LogP contribution in [0.5, 0.6) is 5.75 Å². The van der Waals surface area contributed by atoms with Gasteiger partial charge in [0.05, 0.1) is 39.6 Å². The van der Waals surface area contributed by atoms with Gasteiger partial charge in [-0.2, -0.15) is 10.1 Å². The molecular formula is C37H42BrN8O6P. The summed E-state index contributed by atoms with van der Waals surface area (Å²) in [6.07, 6.45) is 5.88. The Morgan fingerprint density at radius 2 is 1.75 bits per heavy atom. The molecule has 0 radical (unpaired) electrons. The Morgan fingerprint density at radius 1 is 1.00 bits per heavy atom. The van der Waals surface area contributed by atoms with Crippen molar-refractivity contribution in [3.05, 3.63) is 71.1 Å². The minimum atomic E-state index is -3.70. The first-order valence-electron chi connectivity index (χ1n) is 17.2. The van der Waals surface area contributed by atoms with Gasteiger partial charge in [0.15, 0.2) is 0 Å². The first kappa shape index (κ1) is 36.7. The van der Waals surface area contributed by atoms with Crippen molar-refractivity contribution in [3.8, 4) is 16.9 Å². The molecule has 1 fully saturated rings. The molecule has 2 N–H and O–H groups in total.